The molecule has 0 aromatic rings. The van der Waals surface area contributed by atoms with Crippen LogP contribution in [-0.2, 0) is 24.2 Å². The van der Waals surface area contributed by atoms with Crippen molar-refractivity contribution in [2.45, 2.75) is 32.2 Å². The molecule has 8 nitrogen and oxygen atoms in total. The maximum Gasteiger partial charge on any atom is 0.239 e. The number of nitrogens with one attached hydrogen (secondary N) is 2. The van der Waals surface area contributed by atoms with Crippen molar-refractivity contribution in [2.75, 3.05) is 31.1 Å². The van der Waals surface area contributed by atoms with Crippen LogP contribution in [0.4, 0.5) is 0 Å². The van der Waals surface area contributed by atoms with Crippen molar-refractivity contribution >= 4 is 27.6 Å². The largest absolute Gasteiger partial charge is 0.351 e. The molecule has 2 rings (SSSR count). The highest BCUT2D eigenvalue weighted by molar-refractivity contribution is 7.91. The summed E-state index contributed by atoms with van der Waals surface area (Å²) in [5, 5.41) is 5.22. The zero-order chi connectivity index (χ0) is 17.0. The second-order valence-corrected chi connectivity index (χ2v) is 8.39. The average Bonchev–Trinajstić information content (AvgIpc) is 2.83. The van der Waals surface area contributed by atoms with Gasteiger partial charge in [-0.15, -0.1) is 0 Å². The minimum absolute atomic E-state index is 0.00903. The van der Waals surface area contributed by atoms with Crippen molar-refractivity contribution in [1.29, 1.82) is 0 Å². The third kappa shape index (κ3) is 5.19. The molecule has 0 spiro atoms. The maximum atomic E-state index is 12.0. The van der Waals surface area contributed by atoms with Gasteiger partial charge in [-0.2, -0.15) is 0 Å². The van der Waals surface area contributed by atoms with Crippen LogP contribution in [0.3, 0.4) is 0 Å². The zero-order valence-corrected chi connectivity index (χ0v) is 14.0. The molecule has 0 aliphatic carbocycles. The number of nitrogens with zero attached hydrogens (tertiary/aromatic N) is 1. The number of amides is 3. The normalized spacial score (nSPS) is 24.2. The summed E-state index contributed by atoms with van der Waals surface area (Å²) in [6.45, 7) is 2.47. The fourth-order valence-electron chi connectivity index (χ4n) is 2.96. The van der Waals surface area contributed by atoms with Crippen LogP contribution in [0.25, 0.3) is 0 Å². The topological polar surface area (TPSA) is 113 Å². The third-order valence-corrected chi connectivity index (χ3v) is 6.10. The lowest BCUT2D eigenvalue weighted by Crippen LogP contribution is -2.46. The van der Waals surface area contributed by atoms with Crippen LogP contribution in [-0.4, -0.2) is 68.2 Å². The summed E-state index contributed by atoms with van der Waals surface area (Å²) < 4.78 is 22.6. The lowest BCUT2D eigenvalue weighted by Gasteiger charge is -2.30. The molecule has 0 radical (unpaired) electrons. The van der Waals surface area contributed by atoms with Gasteiger partial charge in [0.05, 0.1) is 18.1 Å². The van der Waals surface area contributed by atoms with E-state index < -0.39 is 9.84 Å². The van der Waals surface area contributed by atoms with E-state index in [-0.39, 0.29) is 47.7 Å². The van der Waals surface area contributed by atoms with Crippen molar-refractivity contribution in [3.05, 3.63) is 0 Å². The van der Waals surface area contributed by atoms with Gasteiger partial charge >= 0.3 is 0 Å². The quantitative estimate of drug-likeness (QED) is 0.655. The molecule has 2 heterocycles. The first kappa shape index (κ1) is 17.7. The van der Waals surface area contributed by atoms with E-state index in [2.05, 4.69) is 10.6 Å². The minimum Gasteiger partial charge on any atom is -0.351 e. The fourth-order valence-corrected chi connectivity index (χ4v) is 4.63. The Hall–Kier alpha value is -1.64. The summed E-state index contributed by atoms with van der Waals surface area (Å²) in [7, 11) is -3.04. The summed E-state index contributed by atoms with van der Waals surface area (Å²) in [6.07, 6.45) is 1.60. The zero-order valence-electron chi connectivity index (χ0n) is 13.2. The molecule has 9 heteroatoms. The number of piperidine rings is 1. The van der Waals surface area contributed by atoms with Crippen LogP contribution in [0.2, 0.25) is 0 Å². The number of hydrogen-bond acceptors (Lipinski definition) is 5. The Kier molecular flexibility index (Phi) is 5.61. The van der Waals surface area contributed by atoms with E-state index in [1.54, 1.807) is 4.90 Å². The molecule has 3 amide bonds. The molecular formula is C14H23N3O5S. The van der Waals surface area contributed by atoms with Gasteiger partial charge in [-0.3, -0.25) is 14.4 Å². The van der Waals surface area contributed by atoms with E-state index in [4.69, 9.17) is 0 Å². The number of rotatable bonds is 4. The summed E-state index contributed by atoms with van der Waals surface area (Å²) in [4.78, 5) is 36.7. The van der Waals surface area contributed by atoms with Crippen LogP contribution in [0, 0.1) is 5.92 Å². The Morgan fingerprint density at radius 1 is 1.13 bits per heavy atom. The predicted octanol–water partition coefficient (Wildman–Crippen LogP) is -1.34. The SMILES string of the molecule is CC(=O)N1CCC(C(=O)NCC(=O)NC2CCS(=O)(=O)C2)CC1. The van der Waals surface area contributed by atoms with Gasteiger partial charge in [0.15, 0.2) is 9.84 Å². The number of likely N-dealkylation sites (tertiary alicyclic amines) is 1. The van der Waals surface area contributed by atoms with Crippen LogP contribution in [0.1, 0.15) is 26.2 Å². The van der Waals surface area contributed by atoms with E-state index in [9.17, 15) is 22.8 Å². The molecule has 2 N–H and O–H groups in total. The third-order valence-electron chi connectivity index (χ3n) is 4.33. The van der Waals surface area contributed by atoms with Gasteiger partial charge in [-0.25, -0.2) is 8.42 Å². The smallest absolute Gasteiger partial charge is 0.239 e. The molecule has 2 fully saturated rings. The summed E-state index contributed by atoms with van der Waals surface area (Å²) in [5.74, 6) is -0.682. The Balaban J connectivity index is 1.68. The first-order valence-corrected chi connectivity index (χ1v) is 9.62. The molecule has 1 atom stereocenters. The van der Waals surface area contributed by atoms with Crippen molar-refractivity contribution < 1.29 is 22.8 Å². The molecule has 0 bridgehead atoms. The molecular weight excluding hydrogens is 322 g/mol. The van der Waals surface area contributed by atoms with E-state index >= 15 is 0 Å². The van der Waals surface area contributed by atoms with Gasteiger partial charge in [0, 0.05) is 32.0 Å². The molecule has 2 saturated heterocycles. The molecule has 0 saturated carbocycles. The van der Waals surface area contributed by atoms with Crippen molar-refractivity contribution in [2.24, 2.45) is 5.92 Å². The number of hydrogen-bond donors (Lipinski definition) is 2. The van der Waals surface area contributed by atoms with E-state index in [1.165, 1.54) is 6.92 Å². The standard InChI is InChI=1S/C14H23N3O5S/c1-10(18)17-5-2-11(3-6-17)14(20)15-8-13(19)16-12-4-7-23(21,22)9-12/h11-12H,2-9H2,1H3,(H,15,20)(H,16,19). The van der Waals surface area contributed by atoms with Crippen LogP contribution in [0.15, 0.2) is 0 Å². The highest BCUT2D eigenvalue weighted by atomic mass is 32.2. The lowest BCUT2D eigenvalue weighted by molar-refractivity contribution is -0.134. The molecule has 130 valence electrons. The molecule has 2 aliphatic heterocycles. The minimum atomic E-state index is -3.04. The fraction of sp³-hybridized carbons (Fsp3) is 0.786. The highest BCUT2D eigenvalue weighted by Gasteiger charge is 2.29. The Labute approximate surface area is 135 Å². The van der Waals surface area contributed by atoms with Crippen molar-refractivity contribution in [1.82, 2.24) is 15.5 Å². The maximum absolute atomic E-state index is 12.0. The molecule has 0 aromatic heterocycles. The lowest BCUT2D eigenvalue weighted by atomic mass is 9.96. The van der Waals surface area contributed by atoms with Gasteiger partial charge in [0.1, 0.15) is 0 Å². The van der Waals surface area contributed by atoms with Crippen LogP contribution < -0.4 is 10.6 Å². The van der Waals surface area contributed by atoms with Gasteiger partial charge in [-0.05, 0) is 19.3 Å². The molecule has 1 unspecified atom stereocenters. The summed E-state index contributed by atoms with van der Waals surface area (Å²) in [5.41, 5.74) is 0. The number of carbonyl (C=O) groups is 3. The molecule has 23 heavy (non-hydrogen) atoms. The Bertz CT molecular complexity index is 581. The van der Waals surface area contributed by atoms with Gasteiger partial charge < -0.3 is 15.5 Å². The average molecular weight is 345 g/mol. The predicted molar refractivity (Wildman–Crippen MR) is 83.2 cm³/mol. The van der Waals surface area contributed by atoms with Crippen LogP contribution >= 0.6 is 0 Å². The van der Waals surface area contributed by atoms with Gasteiger partial charge in [-0.1, -0.05) is 0 Å². The van der Waals surface area contributed by atoms with Gasteiger partial charge in [0.2, 0.25) is 17.7 Å². The second kappa shape index (κ2) is 7.29. The number of carbonyl (C=O) groups excluding carboxylic acids is 3. The highest BCUT2D eigenvalue weighted by Crippen LogP contribution is 2.17. The van der Waals surface area contributed by atoms with Crippen molar-refractivity contribution in [3.63, 3.8) is 0 Å². The van der Waals surface area contributed by atoms with Gasteiger partial charge in [0.25, 0.3) is 0 Å². The Morgan fingerprint density at radius 2 is 1.78 bits per heavy atom. The Morgan fingerprint density at radius 3 is 2.30 bits per heavy atom. The van der Waals surface area contributed by atoms with E-state index in [0.29, 0.717) is 32.4 Å². The summed E-state index contributed by atoms with van der Waals surface area (Å²) >= 11 is 0. The molecule has 2 aliphatic rings. The van der Waals surface area contributed by atoms with E-state index in [1.807, 2.05) is 0 Å². The first-order chi connectivity index (χ1) is 10.8. The monoisotopic (exact) mass is 345 g/mol. The number of sulfone groups is 1. The van der Waals surface area contributed by atoms with Crippen molar-refractivity contribution in [3.8, 4) is 0 Å². The second-order valence-electron chi connectivity index (χ2n) is 6.17. The van der Waals surface area contributed by atoms with E-state index in [0.717, 1.165) is 0 Å². The molecule has 0 aromatic carbocycles. The van der Waals surface area contributed by atoms with Crippen LogP contribution in [0.5, 0.6) is 0 Å². The summed E-state index contributed by atoms with van der Waals surface area (Å²) in [6, 6.07) is -0.358. The first-order valence-electron chi connectivity index (χ1n) is 7.80.